The molecular formula is C15H23ClN2O2. The van der Waals surface area contributed by atoms with Gasteiger partial charge in [-0.3, -0.25) is 0 Å². The van der Waals surface area contributed by atoms with Gasteiger partial charge in [-0.2, -0.15) is 0 Å². The average Bonchev–Trinajstić information content (AvgIpc) is 2.43. The Hall–Kier alpha value is -0.970. The second-order valence-corrected chi connectivity index (χ2v) is 5.72. The minimum atomic E-state index is 0.323. The largest absolute Gasteiger partial charge is 0.495 e. The van der Waals surface area contributed by atoms with Crippen molar-refractivity contribution in [2.24, 2.45) is 0 Å². The lowest BCUT2D eigenvalue weighted by molar-refractivity contribution is 0.0731. The van der Waals surface area contributed by atoms with E-state index in [0.717, 1.165) is 48.2 Å². The van der Waals surface area contributed by atoms with Gasteiger partial charge in [0.2, 0.25) is 0 Å². The summed E-state index contributed by atoms with van der Waals surface area (Å²) in [6, 6.07) is 4.62. The normalized spacial score (nSPS) is 20.5. The average molecular weight is 299 g/mol. The van der Waals surface area contributed by atoms with E-state index in [2.05, 4.69) is 17.6 Å². The molecule has 1 aliphatic rings. The molecule has 1 heterocycles. The number of anilines is 1. The Balaban J connectivity index is 1.99. The van der Waals surface area contributed by atoms with Gasteiger partial charge in [0.1, 0.15) is 5.75 Å². The van der Waals surface area contributed by atoms with E-state index in [1.807, 2.05) is 19.1 Å². The summed E-state index contributed by atoms with van der Waals surface area (Å²) >= 11 is 6.12. The summed E-state index contributed by atoms with van der Waals surface area (Å²) in [5.41, 5.74) is 2.03. The number of hydrogen-bond donors (Lipinski definition) is 2. The third kappa shape index (κ3) is 4.01. The molecule has 0 amide bonds. The van der Waals surface area contributed by atoms with E-state index >= 15 is 0 Å². The highest BCUT2D eigenvalue weighted by Crippen LogP contribution is 2.31. The first kappa shape index (κ1) is 15.4. The summed E-state index contributed by atoms with van der Waals surface area (Å²) in [7, 11) is 1.66. The van der Waals surface area contributed by atoms with Crippen molar-refractivity contribution < 1.29 is 9.47 Å². The summed E-state index contributed by atoms with van der Waals surface area (Å²) in [5.74, 6) is 0.778. The van der Waals surface area contributed by atoms with Gasteiger partial charge in [0.25, 0.3) is 0 Å². The first-order valence-electron chi connectivity index (χ1n) is 7.02. The molecular weight excluding hydrogens is 276 g/mol. The highest BCUT2D eigenvalue weighted by Gasteiger charge is 2.17. The van der Waals surface area contributed by atoms with E-state index in [4.69, 9.17) is 21.1 Å². The Morgan fingerprint density at radius 2 is 2.35 bits per heavy atom. The van der Waals surface area contributed by atoms with Crippen molar-refractivity contribution in [3.63, 3.8) is 0 Å². The second kappa shape index (κ2) is 7.16. The summed E-state index contributed by atoms with van der Waals surface area (Å²) in [6.07, 6.45) is 1.00. The van der Waals surface area contributed by atoms with Gasteiger partial charge in [0.05, 0.1) is 26.0 Å². The van der Waals surface area contributed by atoms with Crippen LogP contribution in [0.2, 0.25) is 5.02 Å². The van der Waals surface area contributed by atoms with Crippen LogP contribution in [0.15, 0.2) is 12.1 Å². The van der Waals surface area contributed by atoms with Crippen molar-refractivity contribution >= 4 is 17.3 Å². The van der Waals surface area contributed by atoms with Crippen LogP contribution in [0.1, 0.15) is 18.9 Å². The molecule has 0 bridgehead atoms. The fourth-order valence-corrected chi connectivity index (χ4v) is 2.62. The molecule has 5 heteroatoms. The Labute approximate surface area is 125 Å². The quantitative estimate of drug-likeness (QED) is 0.877. The molecule has 2 unspecified atom stereocenters. The SMILES string of the molecule is COc1cc(Cl)c(C)cc1NC(C)CC1COCCN1. The molecule has 4 nitrogen and oxygen atoms in total. The topological polar surface area (TPSA) is 42.5 Å². The number of morpholine rings is 1. The van der Waals surface area contributed by atoms with Gasteiger partial charge in [-0.15, -0.1) is 0 Å². The van der Waals surface area contributed by atoms with Crippen LogP contribution in [0.25, 0.3) is 0 Å². The third-order valence-corrected chi connectivity index (χ3v) is 3.93. The minimum absolute atomic E-state index is 0.323. The second-order valence-electron chi connectivity index (χ2n) is 5.31. The van der Waals surface area contributed by atoms with E-state index in [9.17, 15) is 0 Å². The zero-order chi connectivity index (χ0) is 14.5. The molecule has 20 heavy (non-hydrogen) atoms. The molecule has 1 aromatic carbocycles. The number of rotatable bonds is 5. The lowest BCUT2D eigenvalue weighted by atomic mass is 10.1. The van der Waals surface area contributed by atoms with Crippen molar-refractivity contribution in [2.75, 3.05) is 32.2 Å². The number of hydrogen-bond acceptors (Lipinski definition) is 4. The number of halogens is 1. The Bertz CT molecular complexity index is 448. The zero-order valence-corrected chi connectivity index (χ0v) is 13.1. The van der Waals surface area contributed by atoms with Crippen LogP contribution >= 0.6 is 11.6 Å². The first-order chi connectivity index (χ1) is 9.60. The van der Waals surface area contributed by atoms with E-state index in [0.29, 0.717) is 12.1 Å². The highest BCUT2D eigenvalue weighted by molar-refractivity contribution is 6.31. The minimum Gasteiger partial charge on any atom is -0.495 e. The predicted octanol–water partition coefficient (Wildman–Crippen LogP) is 2.84. The number of nitrogens with one attached hydrogen (secondary N) is 2. The molecule has 1 aromatic rings. The van der Waals surface area contributed by atoms with Crippen molar-refractivity contribution in [1.82, 2.24) is 5.32 Å². The maximum atomic E-state index is 6.12. The molecule has 2 N–H and O–H groups in total. The van der Waals surface area contributed by atoms with Gasteiger partial charge in [-0.1, -0.05) is 11.6 Å². The van der Waals surface area contributed by atoms with E-state index < -0.39 is 0 Å². The fraction of sp³-hybridized carbons (Fsp3) is 0.600. The van der Waals surface area contributed by atoms with Crippen LogP contribution < -0.4 is 15.4 Å². The van der Waals surface area contributed by atoms with Crippen LogP contribution in [0.4, 0.5) is 5.69 Å². The van der Waals surface area contributed by atoms with Crippen LogP contribution in [-0.2, 0) is 4.74 Å². The van der Waals surface area contributed by atoms with Gasteiger partial charge in [0.15, 0.2) is 0 Å². The van der Waals surface area contributed by atoms with Gasteiger partial charge in [0, 0.05) is 29.7 Å². The summed E-state index contributed by atoms with van der Waals surface area (Å²) < 4.78 is 10.9. The smallest absolute Gasteiger partial charge is 0.143 e. The molecule has 0 aromatic heterocycles. The van der Waals surface area contributed by atoms with E-state index in [1.165, 1.54) is 0 Å². The fourth-order valence-electron chi connectivity index (χ4n) is 2.47. The monoisotopic (exact) mass is 298 g/mol. The molecule has 0 spiro atoms. The third-order valence-electron chi connectivity index (χ3n) is 3.52. The van der Waals surface area contributed by atoms with Gasteiger partial charge >= 0.3 is 0 Å². The van der Waals surface area contributed by atoms with Crippen molar-refractivity contribution in [3.8, 4) is 5.75 Å². The maximum Gasteiger partial charge on any atom is 0.143 e. The van der Waals surface area contributed by atoms with Crippen LogP contribution in [0.3, 0.4) is 0 Å². The number of ether oxygens (including phenoxy) is 2. The van der Waals surface area contributed by atoms with Crippen LogP contribution in [-0.4, -0.2) is 39.0 Å². The molecule has 1 saturated heterocycles. The lowest BCUT2D eigenvalue weighted by Gasteiger charge is -2.27. The standard InChI is InChI=1S/C15H23ClN2O2/c1-10-6-14(15(19-3)8-13(10)16)18-11(2)7-12-9-20-5-4-17-12/h6,8,11-12,17-18H,4-5,7,9H2,1-3H3. The molecule has 1 fully saturated rings. The lowest BCUT2D eigenvalue weighted by Crippen LogP contribution is -2.43. The van der Waals surface area contributed by atoms with Gasteiger partial charge < -0.3 is 20.1 Å². The van der Waals surface area contributed by atoms with Gasteiger partial charge in [-0.05, 0) is 31.9 Å². The van der Waals surface area contributed by atoms with Crippen molar-refractivity contribution in [1.29, 1.82) is 0 Å². The van der Waals surface area contributed by atoms with Crippen LogP contribution in [0.5, 0.6) is 5.75 Å². The summed E-state index contributed by atoms with van der Waals surface area (Å²) in [5, 5.41) is 7.69. The predicted molar refractivity (Wildman–Crippen MR) is 83.1 cm³/mol. The summed E-state index contributed by atoms with van der Waals surface area (Å²) in [6.45, 7) is 6.68. The summed E-state index contributed by atoms with van der Waals surface area (Å²) in [4.78, 5) is 0. The van der Waals surface area contributed by atoms with Crippen molar-refractivity contribution in [2.45, 2.75) is 32.4 Å². The van der Waals surface area contributed by atoms with E-state index in [1.54, 1.807) is 7.11 Å². The number of methoxy groups -OCH3 is 1. The van der Waals surface area contributed by atoms with E-state index in [-0.39, 0.29) is 0 Å². The molecule has 0 radical (unpaired) electrons. The Kier molecular flexibility index (Phi) is 5.52. The molecule has 0 aliphatic carbocycles. The zero-order valence-electron chi connectivity index (χ0n) is 12.3. The first-order valence-corrected chi connectivity index (χ1v) is 7.39. The number of benzene rings is 1. The van der Waals surface area contributed by atoms with Crippen molar-refractivity contribution in [3.05, 3.63) is 22.7 Å². The molecule has 2 rings (SSSR count). The molecule has 0 saturated carbocycles. The number of aryl methyl sites for hydroxylation is 1. The highest BCUT2D eigenvalue weighted by atomic mass is 35.5. The molecule has 2 atom stereocenters. The molecule has 112 valence electrons. The molecule has 1 aliphatic heterocycles. The maximum absolute atomic E-state index is 6.12. The van der Waals surface area contributed by atoms with Gasteiger partial charge in [-0.25, -0.2) is 0 Å². The Morgan fingerprint density at radius 1 is 1.55 bits per heavy atom. The van der Waals surface area contributed by atoms with Crippen LogP contribution in [0, 0.1) is 6.92 Å². The Morgan fingerprint density at radius 3 is 3.00 bits per heavy atom.